The topological polar surface area (TPSA) is 34.1 Å². The van der Waals surface area contributed by atoms with Crippen molar-refractivity contribution < 1.29 is 14.0 Å². The van der Waals surface area contributed by atoms with Gasteiger partial charge in [-0.05, 0) is 73.8 Å². The maximum Gasteiger partial charge on any atom is 0.166 e. The molecule has 134 valence electrons. The number of rotatable bonds is 5. The number of carbonyl (C=O) groups excluding carboxylic acids is 2. The van der Waals surface area contributed by atoms with Crippen molar-refractivity contribution in [3.8, 4) is 0 Å². The zero-order chi connectivity index (χ0) is 18.3. The molecule has 2 aromatic rings. The Morgan fingerprint density at radius 1 is 0.846 bits per heavy atom. The average molecular weight is 368 g/mol. The van der Waals surface area contributed by atoms with Crippen LogP contribution in [0, 0.1) is 29.5 Å². The lowest BCUT2D eigenvalue weighted by molar-refractivity contribution is 0.0694. The molecular weight excluding hydrogens is 347 g/mol. The first-order valence-corrected chi connectivity index (χ1v) is 10.3. The van der Waals surface area contributed by atoms with E-state index in [0.717, 1.165) is 24.2 Å². The van der Waals surface area contributed by atoms with Crippen LogP contribution >= 0.6 is 11.8 Å². The van der Waals surface area contributed by atoms with E-state index in [1.807, 2.05) is 30.5 Å². The second kappa shape index (κ2) is 6.99. The van der Waals surface area contributed by atoms with Gasteiger partial charge in [-0.15, -0.1) is 11.8 Å². The molecule has 0 saturated heterocycles. The Morgan fingerprint density at radius 2 is 1.31 bits per heavy atom. The van der Waals surface area contributed by atoms with E-state index in [1.165, 1.54) is 12.1 Å². The third-order valence-electron chi connectivity index (χ3n) is 6.03. The van der Waals surface area contributed by atoms with E-state index < -0.39 is 0 Å². The number of hydrogen-bond acceptors (Lipinski definition) is 3. The molecule has 0 aliphatic heterocycles. The highest BCUT2D eigenvalue weighted by molar-refractivity contribution is 7.98. The normalized spacial score (nSPS) is 26.8. The van der Waals surface area contributed by atoms with Crippen LogP contribution in [-0.2, 0) is 0 Å². The molecule has 0 amide bonds. The summed E-state index contributed by atoms with van der Waals surface area (Å²) in [4.78, 5) is 27.5. The average Bonchev–Trinajstić information content (AvgIpc) is 3.29. The Kier molecular flexibility index (Phi) is 4.70. The number of thioether (sulfide) groups is 1. The van der Waals surface area contributed by atoms with Crippen LogP contribution in [0.3, 0.4) is 0 Å². The van der Waals surface area contributed by atoms with E-state index in [-0.39, 0.29) is 35.1 Å². The highest BCUT2D eigenvalue weighted by Gasteiger charge is 2.53. The molecule has 26 heavy (non-hydrogen) atoms. The second-order valence-corrected chi connectivity index (χ2v) is 8.23. The van der Waals surface area contributed by atoms with E-state index in [9.17, 15) is 14.0 Å². The number of Topliss-reactive ketones (excluding diaryl/α,β-unsaturated/α-hetero) is 2. The van der Waals surface area contributed by atoms with Crippen LogP contribution in [0.2, 0.25) is 0 Å². The maximum atomic E-state index is 13.2. The fourth-order valence-electron chi connectivity index (χ4n) is 4.80. The molecule has 2 fully saturated rings. The summed E-state index contributed by atoms with van der Waals surface area (Å²) >= 11 is 1.64. The van der Waals surface area contributed by atoms with Crippen molar-refractivity contribution in [2.45, 2.75) is 24.2 Å². The minimum absolute atomic E-state index is 0.00344. The molecule has 0 spiro atoms. The molecular formula is C22H21FO2S. The van der Waals surface area contributed by atoms with Crippen molar-refractivity contribution >= 4 is 23.3 Å². The third-order valence-corrected chi connectivity index (χ3v) is 6.77. The van der Waals surface area contributed by atoms with Crippen LogP contribution in [0.1, 0.15) is 40.0 Å². The van der Waals surface area contributed by atoms with Crippen molar-refractivity contribution in [1.29, 1.82) is 0 Å². The molecule has 0 aromatic heterocycles. The number of ketones is 2. The van der Waals surface area contributed by atoms with E-state index >= 15 is 0 Å². The first-order valence-electron chi connectivity index (χ1n) is 9.06. The van der Waals surface area contributed by atoms with Gasteiger partial charge in [-0.25, -0.2) is 4.39 Å². The van der Waals surface area contributed by atoms with Crippen LogP contribution in [0.25, 0.3) is 0 Å². The van der Waals surface area contributed by atoms with Gasteiger partial charge in [0, 0.05) is 27.9 Å². The Hall–Kier alpha value is -1.94. The van der Waals surface area contributed by atoms with Gasteiger partial charge in [0.25, 0.3) is 0 Å². The molecule has 0 radical (unpaired) electrons. The van der Waals surface area contributed by atoms with Crippen molar-refractivity contribution in [2.24, 2.45) is 23.7 Å². The fraction of sp³-hybridized carbons (Fsp3) is 0.364. The predicted octanol–water partition coefficient (Wildman–Crippen LogP) is 5.28. The van der Waals surface area contributed by atoms with Crippen molar-refractivity contribution in [1.82, 2.24) is 0 Å². The summed E-state index contributed by atoms with van der Waals surface area (Å²) in [6.45, 7) is 0. The Bertz CT molecular complexity index is 828. The van der Waals surface area contributed by atoms with Gasteiger partial charge in [-0.3, -0.25) is 9.59 Å². The fourth-order valence-corrected chi connectivity index (χ4v) is 5.21. The summed E-state index contributed by atoms with van der Waals surface area (Å²) in [6.07, 6.45) is 5.00. The maximum absolute atomic E-state index is 13.2. The number of benzene rings is 2. The Morgan fingerprint density at radius 3 is 1.77 bits per heavy atom. The molecule has 0 N–H and O–H groups in total. The van der Waals surface area contributed by atoms with Gasteiger partial charge in [0.05, 0.1) is 0 Å². The molecule has 4 heteroatoms. The minimum atomic E-state index is -0.351. The Labute approximate surface area is 157 Å². The summed E-state index contributed by atoms with van der Waals surface area (Å²) < 4.78 is 13.2. The lowest BCUT2D eigenvalue weighted by Crippen LogP contribution is -2.35. The summed E-state index contributed by atoms with van der Waals surface area (Å²) in [5.41, 5.74) is 1.21. The summed E-state index contributed by atoms with van der Waals surface area (Å²) in [5.74, 6) is -0.213. The standard InChI is InChI=1S/C22H21FO2S/c1-26-18-10-6-14(7-11-18)22(25)20-16-3-2-15(12-16)19(20)21(24)13-4-8-17(23)9-5-13/h4-11,15-16,19-20H,2-3,12H2,1H3/t15-,16+,19?,20?/m1/s1. The highest BCUT2D eigenvalue weighted by Crippen LogP contribution is 2.54. The molecule has 2 nitrogen and oxygen atoms in total. The number of halogens is 1. The largest absolute Gasteiger partial charge is 0.294 e. The quantitative estimate of drug-likeness (QED) is 0.532. The van der Waals surface area contributed by atoms with Gasteiger partial charge in [0.1, 0.15) is 5.82 Å². The van der Waals surface area contributed by atoms with Gasteiger partial charge >= 0.3 is 0 Å². The van der Waals surface area contributed by atoms with Gasteiger partial charge in [-0.2, -0.15) is 0 Å². The van der Waals surface area contributed by atoms with Gasteiger partial charge in [0.2, 0.25) is 0 Å². The van der Waals surface area contributed by atoms with Crippen molar-refractivity contribution in [3.05, 3.63) is 65.5 Å². The van der Waals surface area contributed by atoms with E-state index in [4.69, 9.17) is 0 Å². The molecule has 2 aliphatic carbocycles. The van der Waals surface area contributed by atoms with Gasteiger partial charge in [-0.1, -0.05) is 12.1 Å². The zero-order valence-corrected chi connectivity index (χ0v) is 15.5. The molecule has 2 saturated carbocycles. The first kappa shape index (κ1) is 17.5. The van der Waals surface area contributed by atoms with Crippen LogP contribution in [-0.4, -0.2) is 17.8 Å². The molecule has 4 rings (SSSR count). The molecule has 0 heterocycles. The molecule has 2 bridgehead atoms. The lowest BCUT2D eigenvalue weighted by atomic mass is 9.72. The highest BCUT2D eigenvalue weighted by atomic mass is 32.2. The van der Waals surface area contributed by atoms with Crippen LogP contribution in [0.4, 0.5) is 4.39 Å². The summed E-state index contributed by atoms with van der Waals surface area (Å²) in [6, 6.07) is 13.4. The predicted molar refractivity (Wildman–Crippen MR) is 101 cm³/mol. The van der Waals surface area contributed by atoms with Crippen LogP contribution in [0.5, 0.6) is 0 Å². The van der Waals surface area contributed by atoms with Gasteiger partial charge in [0.15, 0.2) is 11.6 Å². The molecule has 4 atom stereocenters. The second-order valence-electron chi connectivity index (χ2n) is 7.35. The smallest absolute Gasteiger partial charge is 0.166 e. The molecule has 2 aliphatic rings. The van der Waals surface area contributed by atoms with Crippen molar-refractivity contribution in [2.75, 3.05) is 6.26 Å². The van der Waals surface area contributed by atoms with Crippen LogP contribution < -0.4 is 0 Å². The monoisotopic (exact) mass is 368 g/mol. The number of fused-ring (bicyclic) bond motifs is 2. The van der Waals surface area contributed by atoms with Crippen LogP contribution in [0.15, 0.2) is 53.4 Å². The Balaban J connectivity index is 1.63. The van der Waals surface area contributed by atoms with E-state index in [0.29, 0.717) is 17.0 Å². The number of carbonyl (C=O) groups is 2. The zero-order valence-electron chi connectivity index (χ0n) is 14.7. The van der Waals surface area contributed by atoms with E-state index in [1.54, 1.807) is 23.9 Å². The molecule has 2 unspecified atom stereocenters. The van der Waals surface area contributed by atoms with Gasteiger partial charge < -0.3 is 0 Å². The SMILES string of the molecule is CSc1ccc(C(=O)C2C(C(=O)c3ccc(F)cc3)[C@@H]3CC[C@H]2C3)cc1. The summed E-state index contributed by atoms with van der Waals surface area (Å²) in [7, 11) is 0. The van der Waals surface area contributed by atoms with E-state index in [2.05, 4.69) is 0 Å². The minimum Gasteiger partial charge on any atom is -0.294 e. The van der Waals surface area contributed by atoms with Crippen molar-refractivity contribution in [3.63, 3.8) is 0 Å². The third kappa shape index (κ3) is 3.01. The lowest BCUT2D eigenvalue weighted by Gasteiger charge is -2.29. The summed E-state index contributed by atoms with van der Waals surface area (Å²) in [5, 5.41) is 0. The molecule has 2 aromatic carbocycles. The first-order chi connectivity index (χ1) is 12.6. The number of hydrogen-bond donors (Lipinski definition) is 0.